The largest absolute Gasteiger partial charge is 0.455 e. The summed E-state index contributed by atoms with van der Waals surface area (Å²) in [7, 11) is 0. The fraction of sp³-hybridized carbons (Fsp3) is 0.0625. The molecule has 3 aromatic rings. The Kier molecular flexibility index (Phi) is 4.20. The molecule has 0 unspecified atom stereocenters. The Bertz CT molecular complexity index is 805. The summed E-state index contributed by atoms with van der Waals surface area (Å²) in [6.45, 7) is 0. The molecule has 21 heavy (non-hydrogen) atoms. The van der Waals surface area contributed by atoms with Crippen LogP contribution >= 0.6 is 34.8 Å². The molecule has 0 fully saturated rings. The van der Waals surface area contributed by atoms with Crippen LogP contribution in [0, 0.1) is 0 Å². The van der Waals surface area contributed by atoms with E-state index in [1.54, 1.807) is 18.2 Å². The summed E-state index contributed by atoms with van der Waals surface area (Å²) in [5.74, 6) is 1.46. The van der Waals surface area contributed by atoms with Gasteiger partial charge in [0.25, 0.3) is 0 Å². The average molecular weight is 339 g/mol. The first-order valence-electron chi connectivity index (χ1n) is 6.25. The molecule has 0 saturated carbocycles. The highest BCUT2D eigenvalue weighted by molar-refractivity contribution is 6.34. The molecule has 5 heteroatoms. The van der Waals surface area contributed by atoms with Gasteiger partial charge >= 0.3 is 0 Å². The van der Waals surface area contributed by atoms with E-state index in [2.05, 4.69) is 4.98 Å². The maximum atomic E-state index is 6.15. The number of rotatable bonds is 3. The maximum absolute atomic E-state index is 6.15. The zero-order valence-corrected chi connectivity index (χ0v) is 13.1. The summed E-state index contributed by atoms with van der Waals surface area (Å²) in [6, 6.07) is 14.6. The van der Waals surface area contributed by atoms with Gasteiger partial charge in [-0.25, -0.2) is 0 Å². The van der Waals surface area contributed by atoms with Gasteiger partial charge in [-0.15, -0.1) is 11.6 Å². The van der Waals surface area contributed by atoms with Crippen LogP contribution in [0.3, 0.4) is 0 Å². The van der Waals surface area contributed by atoms with E-state index in [9.17, 15) is 0 Å². The molecule has 0 bridgehead atoms. The van der Waals surface area contributed by atoms with Crippen LogP contribution in [0.1, 0.15) is 5.69 Å². The lowest BCUT2D eigenvalue weighted by Crippen LogP contribution is -1.92. The lowest BCUT2D eigenvalue weighted by molar-refractivity contribution is 0.487. The quantitative estimate of drug-likeness (QED) is 0.540. The number of ether oxygens (including phenoxy) is 1. The summed E-state index contributed by atoms with van der Waals surface area (Å²) in [5.41, 5.74) is 1.56. The topological polar surface area (TPSA) is 22.1 Å². The van der Waals surface area contributed by atoms with Crippen molar-refractivity contribution in [1.29, 1.82) is 0 Å². The molecule has 0 spiro atoms. The predicted molar refractivity (Wildman–Crippen MR) is 87.8 cm³/mol. The fourth-order valence-corrected chi connectivity index (χ4v) is 2.48. The van der Waals surface area contributed by atoms with Crippen LogP contribution in [0.2, 0.25) is 10.0 Å². The van der Waals surface area contributed by atoms with Gasteiger partial charge < -0.3 is 4.74 Å². The highest BCUT2D eigenvalue weighted by atomic mass is 35.5. The Morgan fingerprint density at radius 1 is 0.952 bits per heavy atom. The second-order valence-corrected chi connectivity index (χ2v) is 5.55. The smallest absolute Gasteiger partial charge is 0.147 e. The third-order valence-corrected chi connectivity index (χ3v) is 3.80. The van der Waals surface area contributed by atoms with E-state index in [4.69, 9.17) is 39.5 Å². The van der Waals surface area contributed by atoms with E-state index >= 15 is 0 Å². The lowest BCUT2D eigenvalue weighted by atomic mass is 10.2. The number of para-hydroxylation sites is 1. The molecule has 106 valence electrons. The van der Waals surface area contributed by atoms with Crippen molar-refractivity contribution in [3.05, 3.63) is 64.3 Å². The Hall–Kier alpha value is -1.48. The number of pyridine rings is 1. The van der Waals surface area contributed by atoms with E-state index in [0.717, 1.165) is 16.6 Å². The second kappa shape index (κ2) is 6.10. The Morgan fingerprint density at radius 2 is 1.76 bits per heavy atom. The van der Waals surface area contributed by atoms with Crippen molar-refractivity contribution in [3.63, 3.8) is 0 Å². The van der Waals surface area contributed by atoms with Crippen LogP contribution in [-0.2, 0) is 5.88 Å². The summed E-state index contributed by atoms with van der Waals surface area (Å²) < 4.78 is 5.93. The van der Waals surface area contributed by atoms with E-state index in [0.29, 0.717) is 27.4 Å². The summed E-state index contributed by atoms with van der Waals surface area (Å²) in [5, 5.41) is 1.94. The molecule has 1 aromatic heterocycles. The van der Waals surface area contributed by atoms with Gasteiger partial charge in [-0.1, -0.05) is 35.3 Å². The van der Waals surface area contributed by atoms with Gasteiger partial charge in [0.05, 0.1) is 22.1 Å². The van der Waals surface area contributed by atoms with Gasteiger partial charge in [-0.05, 0) is 24.3 Å². The van der Waals surface area contributed by atoms with E-state index in [1.165, 1.54) is 0 Å². The molecular formula is C16H10Cl3NO. The van der Waals surface area contributed by atoms with Gasteiger partial charge in [-0.3, -0.25) is 4.98 Å². The first-order valence-corrected chi connectivity index (χ1v) is 7.54. The summed E-state index contributed by atoms with van der Waals surface area (Å²) in [4.78, 5) is 4.46. The number of fused-ring (bicyclic) bond motifs is 1. The fourth-order valence-electron chi connectivity index (χ4n) is 2.02. The van der Waals surface area contributed by atoms with E-state index in [1.807, 2.05) is 30.3 Å². The Labute approximate surface area is 137 Å². The van der Waals surface area contributed by atoms with Crippen molar-refractivity contribution in [3.8, 4) is 11.5 Å². The van der Waals surface area contributed by atoms with Gasteiger partial charge in [0.1, 0.15) is 11.5 Å². The molecule has 0 aliphatic carbocycles. The predicted octanol–water partition coefficient (Wildman–Crippen LogP) is 6.07. The molecule has 0 radical (unpaired) electrons. The minimum Gasteiger partial charge on any atom is -0.455 e. The van der Waals surface area contributed by atoms with Gasteiger partial charge in [0.2, 0.25) is 0 Å². The molecule has 1 heterocycles. The average Bonchev–Trinajstić information content (AvgIpc) is 2.50. The number of aromatic nitrogens is 1. The van der Waals surface area contributed by atoms with Gasteiger partial charge in [-0.2, -0.15) is 0 Å². The van der Waals surface area contributed by atoms with Crippen molar-refractivity contribution in [1.82, 2.24) is 4.98 Å². The zero-order valence-electron chi connectivity index (χ0n) is 10.8. The normalized spacial score (nSPS) is 10.8. The van der Waals surface area contributed by atoms with Crippen LogP contribution in [-0.4, -0.2) is 4.98 Å². The third-order valence-electron chi connectivity index (χ3n) is 2.98. The lowest BCUT2D eigenvalue weighted by Gasteiger charge is -2.11. The Morgan fingerprint density at radius 3 is 2.57 bits per heavy atom. The first kappa shape index (κ1) is 14.5. The van der Waals surface area contributed by atoms with Crippen LogP contribution in [0.25, 0.3) is 10.9 Å². The van der Waals surface area contributed by atoms with Crippen LogP contribution in [0.5, 0.6) is 11.5 Å². The van der Waals surface area contributed by atoms with Crippen LogP contribution in [0.15, 0.2) is 48.5 Å². The van der Waals surface area contributed by atoms with Crippen LogP contribution in [0.4, 0.5) is 0 Å². The van der Waals surface area contributed by atoms with Crippen molar-refractivity contribution >= 4 is 45.7 Å². The molecular weight excluding hydrogens is 329 g/mol. The molecule has 0 aliphatic rings. The summed E-state index contributed by atoms with van der Waals surface area (Å²) >= 11 is 18.0. The molecule has 0 N–H and O–H groups in total. The van der Waals surface area contributed by atoms with Gasteiger partial charge in [0, 0.05) is 22.5 Å². The number of hydrogen-bond acceptors (Lipinski definition) is 2. The number of halogens is 3. The van der Waals surface area contributed by atoms with E-state index in [-0.39, 0.29) is 0 Å². The highest BCUT2D eigenvalue weighted by Gasteiger charge is 2.10. The maximum Gasteiger partial charge on any atom is 0.147 e. The summed E-state index contributed by atoms with van der Waals surface area (Å²) in [6.07, 6.45) is 0. The van der Waals surface area contributed by atoms with Gasteiger partial charge in [0.15, 0.2) is 0 Å². The van der Waals surface area contributed by atoms with Crippen molar-refractivity contribution in [2.24, 2.45) is 0 Å². The van der Waals surface area contributed by atoms with E-state index < -0.39 is 0 Å². The molecule has 0 saturated heterocycles. The highest BCUT2D eigenvalue weighted by Crippen LogP contribution is 2.35. The monoisotopic (exact) mass is 337 g/mol. The number of nitrogens with zero attached hydrogens (tertiary/aromatic N) is 1. The van der Waals surface area contributed by atoms with Crippen molar-refractivity contribution in [2.45, 2.75) is 5.88 Å². The van der Waals surface area contributed by atoms with Crippen molar-refractivity contribution in [2.75, 3.05) is 0 Å². The second-order valence-electron chi connectivity index (χ2n) is 4.44. The zero-order chi connectivity index (χ0) is 14.8. The third kappa shape index (κ3) is 3.08. The molecule has 2 aromatic carbocycles. The SMILES string of the molecule is ClCc1cc(Oc2cc(Cl)ccc2Cl)c2ccccc2n1. The Balaban J connectivity index is 2.13. The first-order chi connectivity index (χ1) is 10.2. The standard InChI is InChI=1S/C16H10Cl3NO/c17-9-11-8-15(12-3-1-2-4-14(12)20-11)21-16-7-10(18)5-6-13(16)19/h1-8H,9H2. The number of benzene rings is 2. The molecule has 0 atom stereocenters. The molecule has 0 amide bonds. The molecule has 0 aliphatic heterocycles. The minimum absolute atomic E-state index is 0.310. The minimum atomic E-state index is 0.310. The number of alkyl halides is 1. The van der Waals surface area contributed by atoms with Crippen LogP contribution < -0.4 is 4.74 Å². The van der Waals surface area contributed by atoms with Crippen molar-refractivity contribution < 1.29 is 4.74 Å². The number of hydrogen-bond donors (Lipinski definition) is 0. The molecule has 2 nitrogen and oxygen atoms in total. The molecule has 3 rings (SSSR count).